The molecule has 0 unspecified atom stereocenters. The topological polar surface area (TPSA) is 15.3 Å². The van der Waals surface area contributed by atoms with Gasteiger partial charge in [-0.25, -0.2) is 0 Å². The lowest BCUT2D eigenvalue weighted by atomic mass is 10.3. The van der Waals surface area contributed by atoms with Crippen LogP contribution in [0.25, 0.3) is 0 Å². The van der Waals surface area contributed by atoms with Gasteiger partial charge >= 0.3 is 0 Å². The number of hydrogen-bond acceptors (Lipinski definition) is 2. The number of rotatable bonds is 7. The average Bonchev–Trinajstić information content (AvgIpc) is 2.09. The molecule has 0 aliphatic heterocycles. The summed E-state index contributed by atoms with van der Waals surface area (Å²) in [5.41, 5.74) is 0. The Hall–Kier alpha value is -0.660. The van der Waals surface area contributed by atoms with Gasteiger partial charge in [0.05, 0.1) is 5.82 Å². The Morgan fingerprint density at radius 1 is 1.31 bits per heavy atom. The molecule has 0 saturated carbocycles. The summed E-state index contributed by atoms with van der Waals surface area (Å²) in [6, 6.07) is 0.539. The second-order valence-electron chi connectivity index (χ2n) is 3.66. The van der Waals surface area contributed by atoms with Gasteiger partial charge < -0.3 is 10.2 Å². The molecule has 1 N–H and O–H groups in total. The smallest absolute Gasteiger partial charge is 0.0941 e. The van der Waals surface area contributed by atoms with Gasteiger partial charge in [-0.3, -0.25) is 0 Å². The van der Waals surface area contributed by atoms with E-state index in [2.05, 4.69) is 44.5 Å². The second-order valence-corrected chi connectivity index (χ2v) is 3.66. The third-order valence-electron chi connectivity index (χ3n) is 2.01. The molecule has 0 aromatic carbocycles. The first-order chi connectivity index (χ1) is 6.13. The molecule has 0 bridgehead atoms. The first-order valence-electron chi connectivity index (χ1n) is 5.32. The normalized spacial score (nSPS) is 10.2. The molecule has 0 rings (SSSR count). The monoisotopic (exact) mass is 184 g/mol. The Kier molecular flexibility index (Phi) is 6.47. The standard InChI is InChI=1S/C11H24N2/c1-6-8-12-11(5)13(9-7-2)10(3)4/h10,12H,5-9H2,1-4H3. The van der Waals surface area contributed by atoms with Crippen molar-refractivity contribution in [2.75, 3.05) is 13.1 Å². The second kappa shape index (κ2) is 6.81. The van der Waals surface area contributed by atoms with E-state index in [9.17, 15) is 0 Å². The highest BCUT2D eigenvalue weighted by Crippen LogP contribution is 2.05. The van der Waals surface area contributed by atoms with E-state index in [0.29, 0.717) is 6.04 Å². The van der Waals surface area contributed by atoms with E-state index in [1.165, 1.54) is 6.42 Å². The summed E-state index contributed by atoms with van der Waals surface area (Å²) in [5.74, 6) is 1.07. The van der Waals surface area contributed by atoms with E-state index in [1.54, 1.807) is 0 Å². The van der Waals surface area contributed by atoms with E-state index in [-0.39, 0.29) is 0 Å². The number of nitrogens with one attached hydrogen (secondary N) is 1. The molecule has 0 radical (unpaired) electrons. The maximum atomic E-state index is 4.05. The maximum Gasteiger partial charge on any atom is 0.0941 e. The van der Waals surface area contributed by atoms with Gasteiger partial charge in [0.2, 0.25) is 0 Å². The Labute approximate surface area is 83.0 Å². The summed E-state index contributed by atoms with van der Waals surface area (Å²) in [6.07, 6.45) is 2.32. The van der Waals surface area contributed by atoms with Gasteiger partial charge in [0.25, 0.3) is 0 Å². The van der Waals surface area contributed by atoms with Crippen molar-refractivity contribution in [1.29, 1.82) is 0 Å². The third-order valence-corrected chi connectivity index (χ3v) is 2.01. The van der Waals surface area contributed by atoms with Crippen molar-refractivity contribution in [2.45, 2.75) is 46.6 Å². The van der Waals surface area contributed by atoms with Crippen LogP contribution in [-0.4, -0.2) is 24.0 Å². The average molecular weight is 184 g/mol. The van der Waals surface area contributed by atoms with Gasteiger partial charge in [-0.1, -0.05) is 20.4 Å². The van der Waals surface area contributed by atoms with Gasteiger partial charge in [0, 0.05) is 19.1 Å². The summed E-state index contributed by atoms with van der Waals surface area (Å²) in [4.78, 5) is 2.32. The molecule has 0 aliphatic carbocycles. The Morgan fingerprint density at radius 2 is 1.92 bits per heavy atom. The van der Waals surface area contributed by atoms with Crippen LogP contribution >= 0.6 is 0 Å². The van der Waals surface area contributed by atoms with Gasteiger partial charge in [-0.05, 0) is 26.7 Å². The van der Waals surface area contributed by atoms with Crippen LogP contribution in [0.4, 0.5) is 0 Å². The van der Waals surface area contributed by atoms with Crippen molar-refractivity contribution in [3.05, 3.63) is 12.4 Å². The maximum absolute atomic E-state index is 4.05. The lowest BCUT2D eigenvalue weighted by Crippen LogP contribution is -2.37. The largest absolute Gasteiger partial charge is 0.372 e. The lowest BCUT2D eigenvalue weighted by Gasteiger charge is -2.30. The van der Waals surface area contributed by atoms with Gasteiger partial charge in [0.15, 0.2) is 0 Å². The molecule has 0 aromatic heterocycles. The minimum Gasteiger partial charge on any atom is -0.372 e. The van der Waals surface area contributed by atoms with E-state index in [4.69, 9.17) is 0 Å². The van der Waals surface area contributed by atoms with Crippen molar-refractivity contribution < 1.29 is 0 Å². The summed E-state index contributed by atoms with van der Waals surface area (Å²) in [7, 11) is 0. The first-order valence-corrected chi connectivity index (χ1v) is 5.32. The minimum absolute atomic E-state index is 0.539. The van der Waals surface area contributed by atoms with Crippen LogP contribution < -0.4 is 5.32 Å². The molecule has 2 nitrogen and oxygen atoms in total. The zero-order valence-corrected chi connectivity index (χ0v) is 9.56. The van der Waals surface area contributed by atoms with Crippen molar-refractivity contribution in [2.24, 2.45) is 0 Å². The van der Waals surface area contributed by atoms with E-state index < -0.39 is 0 Å². The van der Waals surface area contributed by atoms with Crippen LogP contribution in [0.5, 0.6) is 0 Å². The summed E-state index contributed by atoms with van der Waals surface area (Å²) >= 11 is 0. The molecule has 2 heteroatoms. The third kappa shape index (κ3) is 4.81. The summed E-state index contributed by atoms with van der Waals surface area (Å²) in [6.45, 7) is 14.9. The van der Waals surface area contributed by atoms with Crippen LogP contribution in [0.15, 0.2) is 12.4 Å². The van der Waals surface area contributed by atoms with Crippen LogP contribution in [0, 0.1) is 0 Å². The van der Waals surface area contributed by atoms with E-state index in [1.807, 2.05) is 0 Å². The summed E-state index contributed by atoms with van der Waals surface area (Å²) < 4.78 is 0. The fraction of sp³-hybridized carbons (Fsp3) is 0.818. The predicted molar refractivity (Wildman–Crippen MR) is 59.6 cm³/mol. The molecule has 0 aromatic rings. The van der Waals surface area contributed by atoms with Gasteiger partial charge in [-0.2, -0.15) is 0 Å². The molecule has 0 atom stereocenters. The van der Waals surface area contributed by atoms with E-state index in [0.717, 1.165) is 25.3 Å². The summed E-state index contributed by atoms with van der Waals surface area (Å²) in [5, 5.41) is 3.33. The Morgan fingerprint density at radius 3 is 2.31 bits per heavy atom. The SMILES string of the molecule is C=C(NCCC)N(CCC)C(C)C. The molecule has 13 heavy (non-hydrogen) atoms. The number of hydrogen-bond donors (Lipinski definition) is 1. The highest BCUT2D eigenvalue weighted by molar-refractivity contribution is 4.92. The van der Waals surface area contributed by atoms with Crippen LogP contribution in [-0.2, 0) is 0 Å². The highest BCUT2D eigenvalue weighted by Gasteiger charge is 2.08. The molecule has 0 aliphatic rings. The quantitative estimate of drug-likeness (QED) is 0.654. The fourth-order valence-electron chi connectivity index (χ4n) is 1.32. The predicted octanol–water partition coefficient (Wildman–Crippen LogP) is 2.58. The first kappa shape index (κ1) is 12.3. The Bertz CT molecular complexity index is 141. The molecule has 0 spiro atoms. The molecule has 0 saturated heterocycles. The Balaban J connectivity index is 3.96. The zero-order valence-electron chi connectivity index (χ0n) is 9.56. The van der Waals surface area contributed by atoms with Gasteiger partial charge in [0.1, 0.15) is 0 Å². The molecular weight excluding hydrogens is 160 g/mol. The van der Waals surface area contributed by atoms with Gasteiger partial charge in [-0.15, -0.1) is 0 Å². The van der Waals surface area contributed by atoms with Crippen molar-refractivity contribution in [1.82, 2.24) is 10.2 Å². The zero-order chi connectivity index (χ0) is 10.3. The number of nitrogens with zero attached hydrogens (tertiary/aromatic N) is 1. The molecule has 0 heterocycles. The van der Waals surface area contributed by atoms with Crippen molar-refractivity contribution in [3.63, 3.8) is 0 Å². The lowest BCUT2D eigenvalue weighted by molar-refractivity contribution is 0.266. The molecular formula is C11H24N2. The minimum atomic E-state index is 0.539. The van der Waals surface area contributed by atoms with Crippen LogP contribution in [0.1, 0.15) is 40.5 Å². The molecule has 0 amide bonds. The highest BCUT2D eigenvalue weighted by atomic mass is 15.2. The molecule has 0 fully saturated rings. The van der Waals surface area contributed by atoms with Crippen LogP contribution in [0.2, 0.25) is 0 Å². The van der Waals surface area contributed by atoms with E-state index >= 15 is 0 Å². The van der Waals surface area contributed by atoms with Crippen molar-refractivity contribution in [3.8, 4) is 0 Å². The van der Waals surface area contributed by atoms with Crippen molar-refractivity contribution >= 4 is 0 Å². The fourth-order valence-corrected chi connectivity index (χ4v) is 1.32. The van der Waals surface area contributed by atoms with Crippen LogP contribution in [0.3, 0.4) is 0 Å². The molecule has 78 valence electrons.